The fourth-order valence-electron chi connectivity index (χ4n) is 1.23. The van der Waals surface area contributed by atoms with Crippen molar-refractivity contribution in [2.24, 2.45) is 10.7 Å². The third-order valence-corrected chi connectivity index (χ3v) is 1.76. The molecule has 1 rings (SSSR count). The van der Waals surface area contributed by atoms with Crippen molar-refractivity contribution < 1.29 is 0 Å². The van der Waals surface area contributed by atoms with Crippen molar-refractivity contribution in [3.8, 4) is 0 Å². The van der Waals surface area contributed by atoms with Gasteiger partial charge >= 0.3 is 0 Å². The van der Waals surface area contributed by atoms with Crippen LogP contribution in [-0.2, 0) is 0 Å². The summed E-state index contributed by atoms with van der Waals surface area (Å²) in [5.74, 6) is 0.778. The van der Waals surface area contributed by atoms with Crippen LogP contribution in [0.25, 0.3) is 0 Å². The first-order chi connectivity index (χ1) is 4.84. The summed E-state index contributed by atoms with van der Waals surface area (Å²) in [6, 6.07) is 0.361. The summed E-state index contributed by atoms with van der Waals surface area (Å²) in [5.41, 5.74) is 5.68. The smallest absolute Gasteiger partial charge is 0.111 e. The zero-order valence-corrected chi connectivity index (χ0v) is 6.43. The molecule has 10 heavy (non-hydrogen) atoms. The molecule has 3 nitrogen and oxygen atoms in total. The minimum atomic E-state index is 0.361. The largest absolute Gasteiger partial charge is 0.386 e. The highest BCUT2D eigenvalue weighted by Crippen LogP contribution is 2.04. The molecule has 0 aromatic carbocycles. The Morgan fingerprint density at radius 2 is 2.60 bits per heavy atom. The number of amidine groups is 1. The summed E-state index contributed by atoms with van der Waals surface area (Å²) in [6.45, 7) is 3.89. The SMILES string of the molecule is CCN=C(N)[C@@H]1CCCN1. The lowest BCUT2D eigenvalue weighted by Crippen LogP contribution is -2.36. The Morgan fingerprint density at radius 1 is 1.80 bits per heavy atom. The van der Waals surface area contributed by atoms with Crippen molar-refractivity contribution in [3.05, 3.63) is 0 Å². The van der Waals surface area contributed by atoms with Crippen LogP contribution in [-0.4, -0.2) is 25.0 Å². The quantitative estimate of drug-likeness (QED) is 0.424. The highest BCUT2D eigenvalue weighted by Gasteiger charge is 2.16. The number of rotatable bonds is 2. The standard InChI is InChI=1S/C7H15N3/c1-2-9-7(8)6-4-3-5-10-6/h6,10H,2-5H2,1H3,(H2,8,9)/t6-/m0/s1. The van der Waals surface area contributed by atoms with Gasteiger partial charge in [0.05, 0.1) is 6.04 Å². The number of hydrogen-bond donors (Lipinski definition) is 2. The summed E-state index contributed by atoms with van der Waals surface area (Å²) >= 11 is 0. The highest BCUT2D eigenvalue weighted by molar-refractivity contribution is 5.86. The first-order valence-electron chi connectivity index (χ1n) is 3.87. The zero-order chi connectivity index (χ0) is 7.40. The van der Waals surface area contributed by atoms with Crippen molar-refractivity contribution in [2.45, 2.75) is 25.8 Å². The van der Waals surface area contributed by atoms with Crippen LogP contribution >= 0.6 is 0 Å². The van der Waals surface area contributed by atoms with Crippen LogP contribution in [0, 0.1) is 0 Å². The van der Waals surface area contributed by atoms with Crippen LogP contribution in [0.4, 0.5) is 0 Å². The molecule has 1 aliphatic heterocycles. The predicted octanol–water partition coefficient (Wildman–Crippen LogP) is 0.115. The Kier molecular flexibility index (Phi) is 2.68. The maximum atomic E-state index is 5.68. The van der Waals surface area contributed by atoms with Crippen LogP contribution in [0.1, 0.15) is 19.8 Å². The first kappa shape index (κ1) is 7.54. The van der Waals surface area contributed by atoms with Gasteiger partial charge in [0.2, 0.25) is 0 Å². The molecule has 3 heteroatoms. The van der Waals surface area contributed by atoms with Crippen LogP contribution in [0.15, 0.2) is 4.99 Å². The van der Waals surface area contributed by atoms with Gasteiger partial charge in [-0.25, -0.2) is 0 Å². The molecule has 1 fully saturated rings. The molecular weight excluding hydrogens is 126 g/mol. The summed E-state index contributed by atoms with van der Waals surface area (Å²) in [4.78, 5) is 4.14. The van der Waals surface area contributed by atoms with E-state index in [1.165, 1.54) is 6.42 Å². The van der Waals surface area contributed by atoms with Crippen molar-refractivity contribution >= 4 is 5.84 Å². The second-order valence-electron chi connectivity index (χ2n) is 2.55. The van der Waals surface area contributed by atoms with Gasteiger partial charge in [0.25, 0.3) is 0 Å². The van der Waals surface area contributed by atoms with Gasteiger partial charge in [0.1, 0.15) is 5.84 Å². The molecule has 1 atom stereocenters. The van der Waals surface area contributed by atoms with Crippen LogP contribution in [0.2, 0.25) is 0 Å². The van der Waals surface area contributed by atoms with E-state index < -0.39 is 0 Å². The Balaban J connectivity index is 2.39. The highest BCUT2D eigenvalue weighted by atomic mass is 15.0. The topological polar surface area (TPSA) is 50.4 Å². The van der Waals surface area contributed by atoms with E-state index >= 15 is 0 Å². The van der Waals surface area contributed by atoms with Crippen molar-refractivity contribution in [3.63, 3.8) is 0 Å². The van der Waals surface area contributed by atoms with E-state index in [4.69, 9.17) is 5.73 Å². The van der Waals surface area contributed by atoms with E-state index in [1.807, 2.05) is 6.92 Å². The average molecular weight is 141 g/mol. The monoisotopic (exact) mass is 141 g/mol. The predicted molar refractivity (Wildman–Crippen MR) is 43.2 cm³/mol. The van der Waals surface area contributed by atoms with Crippen molar-refractivity contribution in [1.82, 2.24) is 5.32 Å². The van der Waals surface area contributed by atoms with E-state index in [1.54, 1.807) is 0 Å². The van der Waals surface area contributed by atoms with Gasteiger partial charge in [-0.1, -0.05) is 0 Å². The van der Waals surface area contributed by atoms with Crippen LogP contribution < -0.4 is 11.1 Å². The molecule has 1 saturated heterocycles. The normalized spacial score (nSPS) is 27.3. The molecule has 0 bridgehead atoms. The van der Waals surface area contributed by atoms with E-state index in [0.717, 1.165) is 25.3 Å². The molecule has 0 aliphatic carbocycles. The third-order valence-electron chi connectivity index (χ3n) is 1.76. The van der Waals surface area contributed by atoms with Crippen LogP contribution in [0.5, 0.6) is 0 Å². The minimum absolute atomic E-state index is 0.361. The number of hydrogen-bond acceptors (Lipinski definition) is 2. The molecule has 0 aromatic heterocycles. The molecule has 3 N–H and O–H groups in total. The number of aliphatic imine (C=N–C) groups is 1. The molecule has 0 spiro atoms. The number of nitrogens with two attached hydrogens (primary N) is 1. The third kappa shape index (κ3) is 1.70. The Labute approximate surface area is 61.7 Å². The summed E-state index contributed by atoms with van der Waals surface area (Å²) in [5, 5.41) is 3.29. The summed E-state index contributed by atoms with van der Waals surface area (Å²) in [7, 11) is 0. The van der Waals surface area contributed by atoms with Crippen LogP contribution in [0.3, 0.4) is 0 Å². The fourth-order valence-corrected chi connectivity index (χ4v) is 1.23. The van der Waals surface area contributed by atoms with Gasteiger partial charge in [-0.05, 0) is 26.3 Å². The Bertz CT molecular complexity index is 125. The number of nitrogens with one attached hydrogen (secondary N) is 1. The van der Waals surface area contributed by atoms with E-state index in [9.17, 15) is 0 Å². The molecule has 0 unspecified atom stereocenters. The van der Waals surface area contributed by atoms with Gasteiger partial charge in [-0.2, -0.15) is 0 Å². The lowest BCUT2D eigenvalue weighted by Gasteiger charge is -2.07. The van der Waals surface area contributed by atoms with E-state index in [-0.39, 0.29) is 0 Å². The van der Waals surface area contributed by atoms with Gasteiger partial charge in [-0.15, -0.1) is 0 Å². The molecule has 0 aromatic rings. The molecular formula is C7H15N3. The molecule has 0 radical (unpaired) electrons. The van der Waals surface area contributed by atoms with E-state index in [0.29, 0.717) is 6.04 Å². The van der Waals surface area contributed by atoms with Crippen molar-refractivity contribution in [1.29, 1.82) is 0 Å². The zero-order valence-electron chi connectivity index (χ0n) is 6.43. The van der Waals surface area contributed by atoms with Gasteiger partial charge in [0, 0.05) is 6.54 Å². The molecule has 0 amide bonds. The maximum Gasteiger partial charge on any atom is 0.111 e. The Hall–Kier alpha value is -0.570. The lowest BCUT2D eigenvalue weighted by atomic mass is 10.2. The minimum Gasteiger partial charge on any atom is -0.386 e. The van der Waals surface area contributed by atoms with Gasteiger partial charge in [0.15, 0.2) is 0 Å². The van der Waals surface area contributed by atoms with E-state index in [2.05, 4.69) is 10.3 Å². The fraction of sp³-hybridized carbons (Fsp3) is 0.857. The second-order valence-corrected chi connectivity index (χ2v) is 2.55. The summed E-state index contributed by atoms with van der Waals surface area (Å²) < 4.78 is 0. The first-order valence-corrected chi connectivity index (χ1v) is 3.87. The molecule has 1 aliphatic rings. The average Bonchev–Trinajstić information content (AvgIpc) is 2.38. The Morgan fingerprint density at radius 3 is 3.10 bits per heavy atom. The molecule has 1 heterocycles. The lowest BCUT2D eigenvalue weighted by molar-refractivity contribution is 0.751. The van der Waals surface area contributed by atoms with Crippen molar-refractivity contribution in [2.75, 3.05) is 13.1 Å². The number of nitrogens with zero attached hydrogens (tertiary/aromatic N) is 1. The summed E-state index contributed by atoms with van der Waals surface area (Å²) in [6.07, 6.45) is 2.37. The molecule has 58 valence electrons. The molecule has 0 saturated carbocycles. The maximum absolute atomic E-state index is 5.68. The second kappa shape index (κ2) is 3.56. The van der Waals surface area contributed by atoms with Gasteiger partial charge < -0.3 is 11.1 Å². The van der Waals surface area contributed by atoms with Gasteiger partial charge in [-0.3, -0.25) is 4.99 Å².